The SMILES string of the molecule is CCNCC(C)CN1CCN(C(C)(C)C)CC1. The van der Waals surface area contributed by atoms with E-state index in [1.165, 1.54) is 32.7 Å². The average molecular weight is 241 g/mol. The Bertz CT molecular complexity index is 202. The Morgan fingerprint density at radius 3 is 2.18 bits per heavy atom. The Morgan fingerprint density at radius 2 is 1.71 bits per heavy atom. The topological polar surface area (TPSA) is 18.5 Å². The normalized spacial score (nSPS) is 21.7. The lowest BCUT2D eigenvalue weighted by Crippen LogP contribution is -2.54. The summed E-state index contributed by atoms with van der Waals surface area (Å²) in [6, 6.07) is 0. The Balaban J connectivity index is 2.23. The van der Waals surface area contributed by atoms with Gasteiger partial charge >= 0.3 is 0 Å². The highest BCUT2D eigenvalue weighted by molar-refractivity contribution is 4.82. The van der Waals surface area contributed by atoms with Gasteiger partial charge in [0.1, 0.15) is 0 Å². The lowest BCUT2D eigenvalue weighted by molar-refractivity contribution is 0.0564. The number of piperazine rings is 1. The Labute approximate surface area is 108 Å². The number of hydrogen-bond acceptors (Lipinski definition) is 3. The second-order valence-electron chi connectivity index (χ2n) is 6.37. The van der Waals surface area contributed by atoms with Gasteiger partial charge in [0.05, 0.1) is 0 Å². The van der Waals surface area contributed by atoms with Gasteiger partial charge in [0.15, 0.2) is 0 Å². The molecule has 0 amide bonds. The van der Waals surface area contributed by atoms with Crippen molar-refractivity contribution >= 4 is 0 Å². The molecule has 0 radical (unpaired) electrons. The van der Waals surface area contributed by atoms with Crippen molar-refractivity contribution in [2.45, 2.75) is 40.2 Å². The van der Waals surface area contributed by atoms with Crippen molar-refractivity contribution in [2.24, 2.45) is 5.92 Å². The first-order valence-corrected chi connectivity index (χ1v) is 7.11. The maximum absolute atomic E-state index is 3.43. The van der Waals surface area contributed by atoms with Gasteiger partial charge in [-0.15, -0.1) is 0 Å². The third-order valence-electron chi connectivity index (χ3n) is 3.63. The Hall–Kier alpha value is -0.120. The van der Waals surface area contributed by atoms with Crippen LogP contribution in [0.4, 0.5) is 0 Å². The van der Waals surface area contributed by atoms with Crippen LogP contribution >= 0.6 is 0 Å². The van der Waals surface area contributed by atoms with Crippen LogP contribution in [0.2, 0.25) is 0 Å². The van der Waals surface area contributed by atoms with E-state index in [0.29, 0.717) is 5.54 Å². The van der Waals surface area contributed by atoms with Gasteiger partial charge in [-0.05, 0) is 39.8 Å². The molecular weight excluding hydrogens is 210 g/mol. The van der Waals surface area contributed by atoms with Gasteiger partial charge in [-0.25, -0.2) is 0 Å². The van der Waals surface area contributed by atoms with Crippen molar-refractivity contribution in [1.82, 2.24) is 15.1 Å². The van der Waals surface area contributed by atoms with Gasteiger partial charge < -0.3 is 10.2 Å². The monoisotopic (exact) mass is 241 g/mol. The fourth-order valence-corrected chi connectivity index (χ4v) is 2.50. The van der Waals surface area contributed by atoms with Crippen molar-refractivity contribution in [2.75, 3.05) is 45.8 Å². The molecule has 3 nitrogen and oxygen atoms in total. The number of nitrogens with zero attached hydrogens (tertiary/aromatic N) is 2. The van der Waals surface area contributed by atoms with E-state index in [0.717, 1.165) is 19.0 Å². The summed E-state index contributed by atoms with van der Waals surface area (Å²) in [4.78, 5) is 5.21. The molecule has 1 saturated heterocycles. The molecule has 0 aromatic carbocycles. The van der Waals surface area contributed by atoms with Crippen LogP contribution in [0.15, 0.2) is 0 Å². The highest BCUT2D eigenvalue weighted by Gasteiger charge is 2.25. The summed E-state index contributed by atoms with van der Waals surface area (Å²) in [5.74, 6) is 0.760. The van der Waals surface area contributed by atoms with Crippen molar-refractivity contribution in [3.05, 3.63) is 0 Å². The molecule has 1 fully saturated rings. The fourth-order valence-electron chi connectivity index (χ4n) is 2.50. The van der Waals surface area contributed by atoms with Crippen LogP contribution in [-0.2, 0) is 0 Å². The summed E-state index contributed by atoms with van der Waals surface area (Å²) in [7, 11) is 0. The molecule has 0 aromatic heterocycles. The maximum atomic E-state index is 3.43. The molecule has 0 saturated carbocycles. The first-order chi connectivity index (χ1) is 7.93. The van der Waals surface area contributed by atoms with E-state index in [2.05, 4.69) is 49.7 Å². The molecule has 17 heavy (non-hydrogen) atoms. The van der Waals surface area contributed by atoms with Gasteiger partial charge in [-0.1, -0.05) is 13.8 Å². The molecule has 1 rings (SSSR count). The number of nitrogens with one attached hydrogen (secondary N) is 1. The van der Waals surface area contributed by atoms with Crippen LogP contribution in [0.1, 0.15) is 34.6 Å². The highest BCUT2D eigenvalue weighted by atomic mass is 15.3. The highest BCUT2D eigenvalue weighted by Crippen LogP contribution is 2.16. The molecule has 1 aliphatic rings. The van der Waals surface area contributed by atoms with E-state index >= 15 is 0 Å². The van der Waals surface area contributed by atoms with Crippen molar-refractivity contribution in [3.63, 3.8) is 0 Å². The molecule has 1 atom stereocenters. The van der Waals surface area contributed by atoms with E-state index < -0.39 is 0 Å². The first-order valence-electron chi connectivity index (χ1n) is 7.11. The van der Waals surface area contributed by atoms with Crippen molar-refractivity contribution in [3.8, 4) is 0 Å². The summed E-state index contributed by atoms with van der Waals surface area (Å²) in [5.41, 5.74) is 0.335. The zero-order valence-electron chi connectivity index (χ0n) is 12.4. The van der Waals surface area contributed by atoms with Gasteiger partial charge in [-0.3, -0.25) is 4.90 Å². The lowest BCUT2D eigenvalue weighted by Gasteiger charge is -2.42. The predicted octanol–water partition coefficient (Wildman–Crippen LogP) is 1.65. The van der Waals surface area contributed by atoms with Gasteiger partial charge in [0.25, 0.3) is 0 Å². The van der Waals surface area contributed by atoms with Crippen LogP contribution in [0.5, 0.6) is 0 Å². The molecule has 1 N–H and O–H groups in total. The predicted molar refractivity (Wildman–Crippen MR) is 75.5 cm³/mol. The van der Waals surface area contributed by atoms with E-state index in [1.54, 1.807) is 0 Å². The minimum Gasteiger partial charge on any atom is -0.317 e. The second kappa shape index (κ2) is 6.72. The smallest absolute Gasteiger partial charge is 0.0126 e. The summed E-state index contributed by atoms with van der Waals surface area (Å²) in [6.07, 6.45) is 0. The van der Waals surface area contributed by atoms with Gasteiger partial charge in [0, 0.05) is 38.3 Å². The zero-order chi connectivity index (χ0) is 12.9. The lowest BCUT2D eigenvalue weighted by atomic mass is 10.0. The third kappa shape index (κ3) is 5.36. The second-order valence-corrected chi connectivity index (χ2v) is 6.37. The minimum atomic E-state index is 0.335. The molecule has 0 aliphatic carbocycles. The van der Waals surface area contributed by atoms with Gasteiger partial charge in [0.2, 0.25) is 0 Å². The van der Waals surface area contributed by atoms with E-state index in [-0.39, 0.29) is 0 Å². The first kappa shape index (κ1) is 14.9. The molecule has 1 unspecified atom stereocenters. The molecule has 0 bridgehead atoms. The molecule has 0 spiro atoms. The van der Waals surface area contributed by atoms with Crippen LogP contribution in [0.25, 0.3) is 0 Å². The molecule has 1 aliphatic heterocycles. The quantitative estimate of drug-likeness (QED) is 0.789. The summed E-state index contributed by atoms with van der Waals surface area (Å²) in [6.45, 7) is 19.8. The number of rotatable bonds is 5. The van der Waals surface area contributed by atoms with E-state index in [9.17, 15) is 0 Å². The molecule has 1 heterocycles. The van der Waals surface area contributed by atoms with Crippen LogP contribution in [-0.4, -0.2) is 61.2 Å². The summed E-state index contributed by atoms with van der Waals surface area (Å²) < 4.78 is 0. The van der Waals surface area contributed by atoms with E-state index in [4.69, 9.17) is 0 Å². The maximum Gasteiger partial charge on any atom is 0.0126 e. The van der Waals surface area contributed by atoms with Crippen LogP contribution < -0.4 is 5.32 Å². The summed E-state index contributed by atoms with van der Waals surface area (Å²) >= 11 is 0. The average Bonchev–Trinajstić information content (AvgIpc) is 2.26. The fraction of sp³-hybridized carbons (Fsp3) is 1.00. The van der Waals surface area contributed by atoms with E-state index in [1.807, 2.05) is 0 Å². The standard InChI is InChI=1S/C14H31N3/c1-6-15-11-13(2)12-16-7-9-17(10-8-16)14(3,4)5/h13,15H,6-12H2,1-5H3. The Kier molecular flexibility index (Phi) is 5.90. The minimum absolute atomic E-state index is 0.335. The molecular formula is C14H31N3. The zero-order valence-corrected chi connectivity index (χ0v) is 12.4. The largest absolute Gasteiger partial charge is 0.317 e. The van der Waals surface area contributed by atoms with Crippen LogP contribution in [0.3, 0.4) is 0 Å². The molecule has 0 aromatic rings. The van der Waals surface area contributed by atoms with Crippen LogP contribution in [0, 0.1) is 5.92 Å². The van der Waals surface area contributed by atoms with Crippen molar-refractivity contribution < 1.29 is 0 Å². The third-order valence-corrected chi connectivity index (χ3v) is 3.63. The van der Waals surface area contributed by atoms with Gasteiger partial charge in [-0.2, -0.15) is 0 Å². The van der Waals surface area contributed by atoms with Crippen molar-refractivity contribution in [1.29, 1.82) is 0 Å². The number of hydrogen-bond donors (Lipinski definition) is 1. The molecule has 3 heteroatoms. The Morgan fingerprint density at radius 1 is 1.12 bits per heavy atom. The molecule has 102 valence electrons. The summed E-state index contributed by atoms with van der Waals surface area (Å²) in [5, 5.41) is 3.43.